The molecular formula is C18H20N2O2. The summed E-state index contributed by atoms with van der Waals surface area (Å²) in [6.45, 7) is 1.14. The molecule has 2 unspecified atom stereocenters. The summed E-state index contributed by atoms with van der Waals surface area (Å²) in [6, 6.07) is 17.4. The summed E-state index contributed by atoms with van der Waals surface area (Å²) in [6.07, 6.45) is 0.750. The highest BCUT2D eigenvalue weighted by Crippen LogP contribution is 2.29. The van der Waals surface area contributed by atoms with Crippen molar-refractivity contribution in [3.63, 3.8) is 0 Å². The highest BCUT2D eigenvalue weighted by Gasteiger charge is 2.30. The molecule has 4 nitrogen and oxygen atoms in total. The van der Waals surface area contributed by atoms with Crippen molar-refractivity contribution >= 4 is 5.91 Å². The number of hydrogen-bond acceptors (Lipinski definition) is 3. The van der Waals surface area contributed by atoms with E-state index in [9.17, 15) is 4.79 Å². The van der Waals surface area contributed by atoms with Gasteiger partial charge in [0.15, 0.2) is 0 Å². The third-order valence-electron chi connectivity index (χ3n) is 3.99. The zero-order chi connectivity index (χ0) is 15.4. The van der Waals surface area contributed by atoms with Gasteiger partial charge >= 0.3 is 0 Å². The summed E-state index contributed by atoms with van der Waals surface area (Å²) < 4.78 is 5.79. The fourth-order valence-electron chi connectivity index (χ4n) is 2.75. The smallest absolute Gasteiger partial charge is 0.251 e. The second-order valence-corrected chi connectivity index (χ2v) is 5.47. The van der Waals surface area contributed by atoms with Gasteiger partial charge in [-0.1, -0.05) is 42.5 Å². The molecule has 0 radical (unpaired) electrons. The summed E-state index contributed by atoms with van der Waals surface area (Å²) in [5.41, 5.74) is 8.34. The van der Waals surface area contributed by atoms with Crippen LogP contribution in [0, 0.1) is 0 Å². The Bertz CT molecular complexity index is 625. The van der Waals surface area contributed by atoms with Crippen LogP contribution in [0.2, 0.25) is 0 Å². The molecular weight excluding hydrogens is 276 g/mol. The van der Waals surface area contributed by atoms with E-state index in [-0.39, 0.29) is 18.1 Å². The molecule has 1 saturated heterocycles. The zero-order valence-electron chi connectivity index (χ0n) is 12.4. The molecule has 1 amide bonds. The standard InChI is InChI=1S/C18H20N2O2/c19-12-13-6-8-15(9-7-13)18(21)20-16-10-11-22-17(16)14-4-2-1-3-5-14/h1-9,16-17H,10-12,19H2,(H,20,21). The molecule has 2 atom stereocenters. The largest absolute Gasteiger partial charge is 0.371 e. The summed E-state index contributed by atoms with van der Waals surface area (Å²) in [4.78, 5) is 12.4. The molecule has 1 aliphatic heterocycles. The molecule has 4 heteroatoms. The van der Waals surface area contributed by atoms with E-state index in [0.29, 0.717) is 18.7 Å². The van der Waals surface area contributed by atoms with E-state index in [1.54, 1.807) is 0 Å². The van der Waals surface area contributed by atoms with Gasteiger partial charge in [0.2, 0.25) is 0 Å². The van der Waals surface area contributed by atoms with Crippen LogP contribution in [0.25, 0.3) is 0 Å². The van der Waals surface area contributed by atoms with Gasteiger partial charge in [-0.15, -0.1) is 0 Å². The van der Waals surface area contributed by atoms with Crippen molar-refractivity contribution in [3.05, 3.63) is 71.3 Å². The summed E-state index contributed by atoms with van der Waals surface area (Å²) >= 11 is 0. The van der Waals surface area contributed by atoms with E-state index in [0.717, 1.165) is 17.5 Å². The number of nitrogens with two attached hydrogens (primary N) is 1. The molecule has 0 aromatic heterocycles. The van der Waals surface area contributed by atoms with Gasteiger partial charge in [0.25, 0.3) is 5.91 Å². The highest BCUT2D eigenvalue weighted by molar-refractivity contribution is 5.94. The Morgan fingerprint density at radius 1 is 1.14 bits per heavy atom. The van der Waals surface area contributed by atoms with Gasteiger partial charge in [-0.25, -0.2) is 0 Å². The molecule has 0 saturated carbocycles. The maximum atomic E-state index is 12.4. The topological polar surface area (TPSA) is 64.4 Å². The molecule has 0 aliphatic carbocycles. The average Bonchev–Trinajstić information content (AvgIpc) is 3.04. The summed E-state index contributed by atoms with van der Waals surface area (Å²) in [5.74, 6) is -0.0694. The Hall–Kier alpha value is -2.17. The second-order valence-electron chi connectivity index (χ2n) is 5.47. The second kappa shape index (κ2) is 6.73. The quantitative estimate of drug-likeness (QED) is 0.910. The van der Waals surface area contributed by atoms with Crippen molar-refractivity contribution in [1.82, 2.24) is 5.32 Å². The SMILES string of the molecule is NCc1ccc(C(=O)NC2CCOC2c2ccccc2)cc1. The minimum Gasteiger partial charge on any atom is -0.371 e. The van der Waals surface area contributed by atoms with Crippen LogP contribution < -0.4 is 11.1 Å². The van der Waals surface area contributed by atoms with E-state index in [4.69, 9.17) is 10.5 Å². The number of carbonyl (C=O) groups excluding carboxylic acids is 1. The Morgan fingerprint density at radius 2 is 1.86 bits per heavy atom. The minimum atomic E-state index is -0.0755. The summed E-state index contributed by atoms with van der Waals surface area (Å²) in [7, 11) is 0. The molecule has 2 aromatic rings. The van der Waals surface area contributed by atoms with Crippen LogP contribution in [-0.4, -0.2) is 18.6 Å². The maximum Gasteiger partial charge on any atom is 0.251 e. The van der Waals surface area contributed by atoms with Gasteiger partial charge in [0.05, 0.1) is 6.04 Å². The number of amides is 1. The molecule has 3 N–H and O–H groups in total. The Morgan fingerprint density at radius 3 is 2.55 bits per heavy atom. The number of rotatable bonds is 4. The molecule has 1 heterocycles. The monoisotopic (exact) mass is 296 g/mol. The average molecular weight is 296 g/mol. The third kappa shape index (κ3) is 3.18. The fraction of sp³-hybridized carbons (Fsp3) is 0.278. The third-order valence-corrected chi connectivity index (χ3v) is 3.99. The van der Waals surface area contributed by atoms with E-state index >= 15 is 0 Å². The van der Waals surface area contributed by atoms with Gasteiger partial charge in [-0.3, -0.25) is 4.79 Å². The van der Waals surface area contributed by atoms with Gasteiger partial charge in [-0.05, 0) is 29.7 Å². The first-order chi connectivity index (χ1) is 10.8. The van der Waals surface area contributed by atoms with Crippen molar-refractivity contribution in [3.8, 4) is 0 Å². The van der Waals surface area contributed by atoms with Gasteiger partial charge in [0.1, 0.15) is 6.10 Å². The lowest BCUT2D eigenvalue weighted by Crippen LogP contribution is -2.36. The van der Waals surface area contributed by atoms with E-state index in [1.807, 2.05) is 54.6 Å². The molecule has 1 fully saturated rings. The predicted octanol–water partition coefficient (Wildman–Crippen LogP) is 2.41. The van der Waals surface area contributed by atoms with E-state index in [1.165, 1.54) is 0 Å². The number of carbonyl (C=O) groups is 1. The minimum absolute atomic E-state index is 0.00378. The molecule has 1 aliphatic rings. The van der Waals surface area contributed by atoms with Crippen LogP contribution in [0.3, 0.4) is 0 Å². The number of benzene rings is 2. The fourth-order valence-corrected chi connectivity index (χ4v) is 2.75. The first-order valence-corrected chi connectivity index (χ1v) is 7.54. The molecule has 2 aromatic carbocycles. The lowest BCUT2D eigenvalue weighted by Gasteiger charge is -2.20. The number of nitrogens with one attached hydrogen (secondary N) is 1. The van der Waals surface area contributed by atoms with Crippen LogP contribution in [0.1, 0.15) is 34.0 Å². The van der Waals surface area contributed by atoms with Crippen molar-refractivity contribution in [2.24, 2.45) is 5.73 Å². The Labute approximate surface area is 130 Å². The van der Waals surface area contributed by atoms with Crippen LogP contribution in [0.5, 0.6) is 0 Å². The van der Waals surface area contributed by atoms with Crippen LogP contribution in [0.4, 0.5) is 0 Å². The molecule has 0 spiro atoms. The first-order valence-electron chi connectivity index (χ1n) is 7.54. The molecule has 22 heavy (non-hydrogen) atoms. The Kier molecular flexibility index (Phi) is 4.51. The van der Waals surface area contributed by atoms with Gasteiger partial charge in [0, 0.05) is 18.7 Å². The highest BCUT2D eigenvalue weighted by atomic mass is 16.5. The number of ether oxygens (including phenoxy) is 1. The van der Waals surface area contributed by atoms with E-state index < -0.39 is 0 Å². The van der Waals surface area contributed by atoms with Crippen LogP contribution in [-0.2, 0) is 11.3 Å². The molecule has 3 rings (SSSR count). The lowest BCUT2D eigenvalue weighted by molar-refractivity contribution is 0.0821. The maximum absolute atomic E-state index is 12.4. The predicted molar refractivity (Wildman–Crippen MR) is 85.3 cm³/mol. The molecule has 0 bridgehead atoms. The first kappa shape index (κ1) is 14.8. The van der Waals surface area contributed by atoms with E-state index in [2.05, 4.69) is 5.32 Å². The molecule has 114 valence electrons. The van der Waals surface area contributed by atoms with Crippen LogP contribution >= 0.6 is 0 Å². The number of hydrogen-bond donors (Lipinski definition) is 2. The van der Waals surface area contributed by atoms with Crippen molar-refractivity contribution in [2.45, 2.75) is 25.1 Å². The van der Waals surface area contributed by atoms with Crippen molar-refractivity contribution in [1.29, 1.82) is 0 Å². The lowest BCUT2D eigenvalue weighted by atomic mass is 10.0. The zero-order valence-corrected chi connectivity index (χ0v) is 12.4. The Balaban J connectivity index is 1.70. The van der Waals surface area contributed by atoms with Crippen molar-refractivity contribution < 1.29 is 9.53 Å². The summed E-state index contributed by atoms with van der Waals surface area (Å²) in [5, 5.41) is 3.09. The normalized spacial score (nSPS) is 20.8. The van der Waals surface area contributed by atoms with Crippen molar-refractivity contribution in [2.75, 3.05) is 6.61 Å². The van der Waals surface area contributed by atoms with Gasteiger partial charge in [-0.2, -0.15) is 0 Å². The van der Waals surface area contributed by atoms with Crippen LogP contribution in [0.15, 0.2) is 54.6 Å². The van der Waals surface area contributed by atoms with Gasteiger partial charge < -0.3 is 15.8 Å².